The molecular formula is C27H28ClFN2O3S2. The summed E-state index contributed by atoms with van der Waals surface area (Å²) in [6.07, 6.45) is 7.03. The summed E-state index contributed by atoms with van der Waals surface area (Å²) in [6.45, 7) is 2.10. The lowest BCUT2D eigenvalue weighted by Gasteiger charge is -2.25. The molecule has 2 aromatic carbocycles. The van der Waals surface area contributed by atoms with Crippen LogP contribution in [0.4, 0.5) is 10.1 Å². The average Bonchev–Trinajstić information content (AvgIpc) is 3.22. The number of amides is 1. The van der Waals surface area contributed by atoms with Gasteiger partial charge in [0.25, 0.3) is 0 Å². The third kappa shape index (κ3) is 6.82. The van der Waals surface area contributed by atoms with Crippen LogP contribution in [0.5, 0.6) is 0 Å². The van der Waals surface area contributed by atoms with E-state index in [4.69, 9.17) is 11.6 Å². The first-order valence-electron chi connectivity index (χ1n) is 11.9. The first-order valence-corrected chi connectivity index (χ1v) is 14.6. The van der Waals surface area contributed by atoms with E-state index in [0.717, 1.165) is 53.7 Å². The maximum absolute atomic E-state index is 13.1. The van der Waals surface area contributed by atoms with Crippen LogP contribution in [0.15, 0.2) is 64.9 Å². The topological polar surface area (TPSA) is 75.3 Å². The van der Waals surface area contributed by atoms with Crippen LogP contribution in [0, 0.1) is 11.7 Å². The van der Waals surface area contributed by atoms with E-state index < -0.39 is 10.0 Å². The van der Waals surface area contributed by atoms with Crippen molar-refractivity contribution < 1.29 is 17.6 Å². The van der Waals surface area contributed by atoms with Gasteiger partial charge in [-0.1, -0.05) is 43.1 Å². The van der Waals surface area contributed by atoms with Crippen molar-refractivity contribution in [1.82, 2.24) is 4.72 Å². The summed E-state index contributed by atoms with van der Waals surface area (Å²) in [5.74, 6) is -0.474. The molecule has 1 aromatic heterocycles. The van der Waals surface area contributed by atoms with Crippen LogP contribution in [-0.4, -0.2) is 20.4 Å². The second-order valence-corrected chi connectivity index (χ2v) is 12.6. The number of hydrogen-bond acceptors (Lipinski definition) is 4. The lowest BCUT2D eigenvalue weighted by atomic mass is 9.89. The van der Waals surface area contributed by atoms with Crippen molar-refractivity contribution >= 4 is 50.6 Å². The van der Waals surface area contributed by atoms with Crippen LogP contribution >= 0.6 is 22.9 Å². The average molecular weight is 547 g/mol. The number of nitrogens with one attached hydrogen (secondary N) is 2. The van der Waals surface area contributed by atoms with Crippen LogP contribution in [0.2, 0.25) is 4.34 Å². The van der Waals surface area contributed by atoms with E-state index in [1.807, 2.05) is 18.2 Å². The molecule has 3 aromatic rings. The second kappa shape index (κ2) is 11.7. The molecule has 1 aliphatic rings. The summed E-state index contributed by atoms with van der Waals surface area (Å²) >= 11 is 7.01. The van der Waals surface area contributed by atoms with Gasteiger partial charge in [0.05, 0.1) is 4.34 Å². The molecular weight excluding hydrogens is 519 g/mol. The third-order valence-electron chi connectivity index (χ3n) is 6.33. The van der Waals surface area contributed by atoms with E-state index in [0.29, 0.717) is 16.4 Å². The number of carbonyl (C=O) groups excluding carboxylic acids is 1. The van der Waals surface area contributed by atoms with Gasteiger partial charge >= 0.3 is 0 Å². The van der Waals surface area contributed by atoms with Gasteiger partial charge in [-0.25, -0.2) is 17.5 Å². The number of aryl methyl sites for hydroxylation is 1. The van der Waals surface area contributed by atoms with Crippen LogP contribution in [0.1, 0.15) is 42.9 Å². The lowest BCUT2D eigenvalue weighted by molar-refractivity contribution is -0.111. The molecule has 0 bridgehead atoms. The summed E-state index contributed by atoms with van der Waals surface area (Å²) in [4.78, 5) is 12.4. The molecule has 4 rings (SSSR count). The number of fused-ring (bicyclic) bond motifs is 1. The zero-order chi connectivity index (χ0) is 25.7. The monoisotopic (exact) mass is 546 g/mol. The smallest absolute Gasteiger partial charge is 0.250 e. The Labute approximate surface area is 220 Å². The first kappa shape index (κ1) is 26.5. The van der Waals surface area contributed by atoms with Crippen LogP contribution in [-0.2, 0) is 27.7 Å². The van der Waals surface area contributed by atoms with Crippen LogP contribution in [0.3, 0.4) is 0 Å². The summed E-state index contributed by atoms with van der Waals surface area (Å²) in [5.41, 5.74) is 3.70. The Balaban J connectivity index is 1.47. The molecule has 0 saturated heterocycles. The molecule has 36 heavy (non-hydrogen) atoms. The number of benzene rings is 2. The summed E-state index contributed by atoms with van der Waals surface area (Å²) in [6, 6.07) is 14.7. The molecule has 9 heteroatoms. The maximum Gasteiger partial charge on any atom is 0.250 e. The zero-order valence-corrected chi connectivity index (χ0v) is 22.2. The molecule has 5 nitrogen and oxygen atoms in total. The Morgan fingerprint density at radius 3 is 2.61 bits per heavy atom. The van der Waals surface area contributed by atoms with E-state index in [-0.39, 0.29) is 27.9 Å². The molecule has 0 radical (unpaired) electrons. The van der Waals surface area contributed by atoms with Gasteiger partial charge < -0.3 is 5.32 Å². The van der Waals surface area contributed by atoms with Crippen LogP contribution in [0.25, 0.3) is 6.08 Å². The minimum Gasteiger partial charge on any atom is -0.323 e. The highest BCUT2D eigenvalue weighted by Gasteiger charge is 2.30. The van der Waals surface area contributed by atoms with Crippen molar-refractivity contribution in [2.45, 2.75) is 49.3 Å². The van der Waals surface area contributed by atoms with Gasteiger partial charge in [-0.2, -0.15) is 0 Å². The number of carbonyl (C=O) groups is 1. The highest BCUT2D eigenvalue weighted by molar-refractivity contribution is 7.91. The molecule has 1 amide bonds. The molecule has 1 unspecified atom stereocenters. The molecule has 0 fully saturated rings. The van der Waals surface area contributed by atoms with E-state index in [1.54, 1.807) is 24.3 Å². The maximum atomic E-state index is 13.1. The first-order chi connectivity index (χ1) is 17.2. The van der Waals surface area contributed by atoms with Crippen molar-refractivity contribution in [1.29, 1.82) is 0 Å². The van der Waals surface area contributed by atoms with Crippen molar-refractivity contribution in [3.8, 4) is 0 Å². The van der Waals surface area contributed by atoms with Gasteiger partial charge in [0.15, 0.2) is 0 Å². The number of hydrogen-bond donors (Lipinski definition) is 2. The Hall–Kier alpha value is -2.52. The van der Waals surface area contributed by atoms with Gasteiger partial charge in [-0.05, 0) is 90.8 Å². The minimum atomic E-state index is -3.65. The van der Waals surface area contributed by atoms with Gasteiger partial charge in [-0.15, -0.1) is 11.3 Å². The van der Waals surface area contributed by atoms with E-state index >= 15 is 0 Å². The lowest BCUT2D eigenvalue weighted by Crippen LogP contribution is -2.40. The van der Waals surface area contributed by atoms with Gasteiger partial charge in [0, 0.05) is 17.8 Å². The number of rotatable bonds is 8. The molecule has 1 heterocycles. The van der Waals surface area contributed by atoms with Crippen molar-refractivity contribution in [3.63, 3.8) is 0 Å². The normalized spacial score (nSPS) is 18.1. The minimum absolute atomic E-state index is 0.130. The highest BCUT2D eigenvalue weighted by Crippen LogP contribution is 2.32. The molecule has 0 saturated carbocycles. The summed E-state index contributed by atoms with van der Waals surface area (Å²) in [7, 11) is -3.65. The van der Waals surface area contributed by atoms with Gasteiger partial charge in [0.1, 0.15) is 10.0 Å². The molecule has 0 spiro atoms. The fourth-order valence-corrected chi connectivity index (χ4v) is 7.41. The summed E-state index contributed by atoms with van der Waals surface area (Å²) < 4.78 is 42.6. The molecule has 190 valence electrons. The molecule has 2 atom stereocenters. The fourth-order valence-electron chi connectivity index (χ4n) is 4.57. The number of sulfonamides is 1. The number of halogens is 2. The quantitative estimate of drug-likeness (QED) is 0.252. The van der Waals surface area contributed by atoms with E-state index in [2.05, 4.69) is 17.0 Å². The Morgan fingerprint density at radius 2 is 1.92 bits per heavy atom. The number of anilines is 1. The van der Waals surface area contributed by atoms with Crippen molar-refractivity contribution in [2.24, 2.45) is 5.92 Å². The third-order valence-corrected chi connectivity index (χ3v) is 9.54. The van der Waals surface area contributed by atoms with E-state index in [1.165, 1.54) is 24.3 Å². The van der Waals surface area contributed by atoms with Gasteiger partial charge in [-0.3, -0.25) is 4.79 Å². The zero-order valence-electron chi connectivity index (χ0n) is 19.8. The second-order valence-electron chi connectivity index (χ2n) is 8.94. The fraction of sp³-hybridized carbons (Fsp3) is 0.296. The Morgan fingerprint density at radius 1 is 1.14 bits per heavy atom. The number of thiophene rings is 1. The summed E-state index contributed by atoms with van der Waals surface area (Å²) in [5, 5.41) is 2.89. The van der Waals surface area contributed by atoms with E-state index in [9.17, 15) is 17.6 Å². The van der Waals surface area contributed by atoms with Crippen molar-refractivity contribution in [3.05, 3.63) is 87.5 Å². The standard InChI is InChI=1S/C27H28ClFN2O3S2/c1-2-3-20-16-21-17-23(30-26(32)14-6-18-4-9-22(29)10-5-18)11-7-19(21)8-12-24(20)31-36(33,34)27-15-13-25(28)35-27/h4-7,9-11,13-15,17,20,24,31H,2-3,8,12,16H2,1H3,(H,30,32)/b14-6+/t20?,24-/m1/s1. The SMILES string of the molecule is CCCC1Cc2cc(NC(=O)/C=C/c3ccc(F)cc3)ccc2CC[C@H]1NS(=O)(=O)c1ccc(Cl)s1. The largest absolute Gasteiger partial charge is 0.323 e. The van der Waals surface area contributed by atoms with Crippen molar-refractivity contribution in [2.75, 3.05) is 5.32 Å². The van der Waals surface area contributed by atoms with Crippen LogP contribution < -0.4 is 10.0 Å². The predicted molar refractivity (Wildman–Crippen MR) is 144 cm³/mol. The molecule has 1 aliphatic carbocycles. The Kier molecular flexibility index (Phi) is 8.62. The highest BCUT2D eigenvalue weighted by atomic mass is 35.5. The Bertz CT molecular complexity index is 1350. The molecule has 2 N–H and O–H groups in total. The van der Waals surface area contributed by atoms with Gasteiger partial charge in [0.2, 0.25) is 15.9 Å². The molecule has 0 aliphatic heterocycles. The predicted octanol–water partition coefficient (Wildman–Crippen LogP) is 6.44.